The van der Waals surface area contributed by atoms with Crippen LogP contribution in [0.4, 0.5) is 16.3 Å². The van der Waals surface area contributed by atoms with Crippen molar-refractivity contribution in [3.05, 3.63) is 35.5 Å². The Morgan fingerprint density at radius 2 is 2.00 bits per heavy atom. The van der Waals surface area contributed by atoms with E-state index in [0.29, 0.717) is 12.6 Å². The molecule has 0 unspecified atom stereocenters. The van der Waals surface area contributed by atoms with Gasteiger partial charge in [0.05, 0.1) is 11.8 Å². The normalized spacial score (nSPS) is 16.8. The molecule has 0 aliphatic carbocycles. The first-order chi connectivity index (χ1) is 14.7. The largest absolute Gasteiger partial charge is 0.381 e. The summed E-state index contributed by atoms with van der Waals surface area (Å²) in [4.78, 5) is 24.0. The molecule has 0 atom stereocenters. The first kappa shape index (κ1) is 20.6. The van der Waals surface area contributed by atoms with Gasteiger partial charge in [0, 0.05) is 50.1 Å². The molecule has 8 nitrogen and oxygen atoms in total. The Labute approximate surface area is 177 Å². The van der Waals surface area contributed by atoms with Gasteiger partial charge in [-0.2, -0.15) is 0 Å². The predicted molar refractivity (Wildman–Crippen MR) is 118 cm³/mol. The van der Waals surface area contributed by atoms with Crippen molar-refractivity contribution in [2.75, 3.05) is 43.5 Å². The van der Waals surface area contributed by atoms with Crippen LogP contribution in [0.25, 0.3) is 11.4 Å². The van der Waals surface area contributed by atoms with Gasteiger partial charge in [-0.25, -0.2) is 14.8 Å². The maximum atomic E-state index is 11.7. The molecule has 30 heavy (non-hydrogen) atoms. The van der Waals surface area contributed by atoms with E-state index in [-0.39, 0.29) is 6.03 Å². The van der Waals surface area contributed by atoms with E-state index in [9.17, 15) is 4.79 Å². The van der Waals surface area contributed by atoms with Gasteiger partial charge >= 0.3 is 6.03 Å². The molecule has 2 aliphatic rings. The number of ether oxygens (including phenoxy) is 1. The second-order valence-corrected chi connectivity index (χ2v) is 7.71. The third-order valence-corrected chi connectivity index (χ3v) is 5.73. The highest BCUT2D eigenvalue weighted by Crippen LogP contribution is 2.30. The number of amides is 2. The monoisotopic (exact) mass is 410 g/mol. The highest BCUT2D eigenvalue weighted by molar-refractivity contribution is 5.89. The maximum absolute atomic E-state index is 11.7. The first-order valence-corrected chi connectivity index (χ1v) is 10.7. The standard InChI is InChI=1S/C22H30N6O2/c1-3-24-22(29)25-16-6-4-15(5-7-16)20-26-19-14-23-11-8-18(19)21(27-20)28-12-9-17(30-2)10-13-28/h4-7,17,23H,3,8-14H2,1-2H3,(H2,24,25,29). The van der Waals surface area contributed by atoms with E-state index >= 15 is 0 Å². The topological polar surface area (TPSA) is 91.4 Å². The van der Waals surface area contributed by atoms with Gasteiger partial charge in [-0.05, 0) is 57.0 Å². The lowest BCUT2D eigenvalue weighted by molar-refractivity contribution is 0.0817. The minimum absolute atomic E-state index is 0.205. The van der Waals surface area contributed by atoms with Crippen LogP contribution in [0.2, 0.25) is 0 Å². The summed E-state index contributed by atoms with van der Waals surface area (Å²) in [7, 11) is 1.79. The molecule has 0 bridgehead atoms. The van der Waals surface area contributed by atoms with Crippen molar-refractivity contribution >= 4 is 17.5 Å². The van der Waals surface area contributed by atoms with Gasteiger partial charge in [-0.1, -0.05) is 0 Å². The molecule has 8 heteroatoms. The smallest absolute Gasteiger partial charge is 0.319 e. The third-order valence-electron chi connectivity index (χ3n) is 5.73. The van der Waals surface area contributed by atoms with Crippen LogP contribution in [0.3, 0.4) is 0 Å². The van der Waals surface area contributed by atoms with Crippen molar-refractivity contribution in [3.63, 3.8) is 0 Å². The Kier molecular flexibility index (Phi) is 6.44. The lowest BCUT2D eigenvalue weighted by Gasteiger charge is -2.34. The van der Waals surface area contributed by atoms with Gasteiger partial charge in [-0.3, -0.25) is 0 Å². The van der Waals surface area contributed by atoms with Crippen LogP contribution >= 0.6 is 0 Å². The number of hydrogen-bond donors (Lipinski definition) is 3. The van der Waals surface area contributed by atoms with Crippen molar-refractivity contribution in [1.29, 1.82) is 0 Å². The molecule has 0 radical (unpaired) electrons. The van der Waals surface area contributed by atoms with Crippen molar-refractivity contribution in [1.82, 2.24) is 20.6 Å². The second kappa shape index (κ2) is 9.40. The number of nitrogens with one attached hydrogen (secondary N) is 3. The highest BCUT2D eigenvalue weighted by atomic mass is 16.5. The molecular formula is C22H30N6O2. The summed E-state index contributed by atoms with van der Waals surface area (Å²) in [5, 5.41) is 8.98. The number of carbonyl (C=O) groups is 1. The average Bonchev–Trinajstić information content (AvgIpc) is 2.79. The van der Waals surface area contributed by atoms with Gasteiger partial charge in [0.15, 0.2) is 5.82 Å². The van der Waals surface area contributed by atoms with Crippen LogP contribution in [0.1, 0.15) is 31.0 Å². The van der Waals surface area contributed by atoms with Crippen molar-refractivity contribution < 1.29 is 9.53 Å². The molecule has 2 aromatic rings. The molecule has 0 spiro atoms. The maximum Gasteiger partial charge on any atom is 0.319 e. The SMILES string of the molecule is CCNC(=O)Nc1ccc(-c2nc3c(c(N4CCC(OC)CC4)n2)CCNC3)cc1. The van der Waals surface area contributed by atoms with E-state index in [1.54, 1.807) is 7.11 Å². The first-order valence-electron chi connectivity index (χ1n) is 10.7. The number of methoxy groups -OCH3 is 1. The Hall–Kier alpha value is -2.71. The van der Waals surface area contributed by atoms with E-state index in [0.717, 1.165) is 74.0 Å². The van der Waals surface area contributed by atoms with Gasteiger partial charge < -0.3 is 25.6 Å². The van der Waals surface area contributed by atoms with Gasteiger partial charge in [0.1, 0.15) is 5.82 Å². The number of anilines is 2. The second-order valence-electron chi connectivity index (χ2n) is 7.71. The van der Waals surface area contributed by atoms with Gasteiger partial charge in [-0.15, -0.1) is 0 Å². The van der Waals surface area contributed by atoms with Crippen LogP contribution in [-0.2, 0) is 17.7 Å². The van der Waals surface area contributed by atoms with E-state index in [1.807, 2.05) is 31.2 Å². The Morgan fingerprint density at radius 1 is 1.23 bits per heavy atom. The van der Waals surface area contributed by atoms with Crippen LogP contribution < -0.4 is 20.9 Å². The van der Waals surface area contributed by atoms with E-state index in [1.165, 1.54) is 5.56 Å². The van der Waals surface area contributed by atoms with E-state index in [4.69, 9.17) is 14.7 Å². The van der Waals surface area contributed by atoms with Crippen molar-refractivity contribution in [2.45, 2.75) is 38.8 Å². The molecule has 1 saturated heterocycles. The van der Waals surface area contributed by atoms with Crippen LogP contribution in [0.15, 0.2) is 24.3 Å². The van der Waals surface area contributed by atoms with Crippen molar-refractivity contribution in [2.24, 2.45) is 0 Å². The third kappa shape index (κ3) is 4.55. The van der Waals surface area contributed by atoms with Gasteiger partial charge in [0.2, 0.25) is 0 Å². The molecule has 4 rings (SSSR count). The summed E-state index contributed by atoms with van der Waals surface area (Å²) in [6.45, 7) is 6.10. The lowest BCUT2D eigenvalue weighted by atomic mass is 10.0. The minimum atomic E-state index is -0.205. The number of fused-ring (bicyclic) bond motifs is 1. The van der Waals surface area contributed by atoms with Crippen LogP contribution in [0.5, 0.6) is 0 Å². The van der Waals surface area contributed by atoms with E-state index in [2.05, 4.69) is 20.9 Å². The fourth-order valence-corrected chi connectivity index (χ4v) is 4.07. The predicted octanol–water partition coefficient (Wildman–Crippen LogP) is 2.55. The zero-order valence-electron chi connectivity index (χ0n) is 17.7. The number of benzene rings is 1. The number of carbonyl (C=O) groups excluding carboxylic acids is 1. The summed E-state index contributed by atoms with van der Waals surface area (Å²) >= 11 is 0. The quantitative estimate of drug-likeness (QED) is 0.702. The molecule has 3 N–H and O–H groups in total. The summed E-state index contributed by atoms with van der Waals surface area (Å²) in [6, 6.07) is 7.48. The number of hydrogen-bond acceptors (Lipinski definition) is 6. The minimum Gasteiger partial charge on any atom is -0.381 e. The fraction of sp³-hybridized carbons (Fsp3) is 0.500. The molecule has 2 aliphatic heterocycles. The molecule has 0 saturated carbocycles. The van der Waals surface area contributed by atoms with Crippen LogP contribution in [-0.4, -0.2) is 55.4 Å². The van der Waals surface area contributed by atoms with E-state index < -0.39 is 0 Å². The highest BCUT2D eigenvalue weighted by Gasteiger charge is 2.25. The Bertz CT molecular complexity index is 878. The fourth-order valence-electron chi connectivity index (χ4n) is 4.07. The molecule has 1 aromatic carbocycles. The molecule has 2 amide bonds. The molecular weight excluding hydrogens is 380 g/mol. The summed E-state index contributed by atoms with van der Waals surface area (Å²) in [5.74, 6) is 1.79. The average molecular weight is 411 g/mol. The number of nitrogens with zero attached hydrogens (tertiary/aromatic N) is 3. The zero-order chi connectivity index (χ0) is 20.9. The number of aromatic nitrogens is 2. The Morgan fingerprint density at radius 3 is 2.70 bits per heavy atom. The lowest BCUT2D eigenvalue weighted by Crippen LogP contribution is -2.39. The molecule has 160 valence electrons. The van der Waals surface area contributed by atoms with Crippen molar-refractivity contribution in [3.8, 4) is 11.4 Å². The number of piperidine rings is 1. The number of urea groups is 1. The molecule has 3 heterocycles. The summed E-state index contributed by atoms with van der Waals surface area (Å²) < 4.78 is 5.53. The zero-order valence-corrected chi connectivity index (χ0v) is 17.7. The summed E-state index contributed by atoms with van der Waals surface area (Å²) in [6.07, 6.45) is 3.32. The molecule has 1 aromatic heterocycles. The number of rotatable bonds is 5. The van der Waals surface area contributed by atoms with Gasteiger partial charge in [0.25, 0.3) is 0 Å². The molecule has 1 fully saturated rings. The Balaban J connectivity index is 1.60. The van der Waals surface area contributed by atoms with Crippen LogP contribution in [0, 0.1) is 0 Å². The summed E-state index contributed by atoms with van der Waals surface area (Å²) in [5.41, 5.74) is 4.03.